The second-order valence-corrected chi connectivity index (χ2v) is 15.4. The van der Waals surface area contributed by atoms with E-state index in [1.165, 1.54) is 40.9 Å². The average molecular weight is 684 g/mol. The molecule has 246 valence electrons. The number of sulfone groups is 1. The van der Waals surface area contributed by atoms with Gasteiger partial charge in [0.05, 0.1) is 29.3 Å². The Morgan fingerprint density at radius 1 is 1.13 bits per heavy atom. The largest absolute Gasteiger partial charge is 0.371 e. The number of nitrogens with one attached hydrogen (secondary N) is 1. The number of hydrogen-bond donors (Lipinski definition) is 1. The van der Waals surface area contributed by atoms with Crippen molar-refractivity contribution in [3.05, 3.63) is 76.9 Å². The quantitative estimate of drug-likeness (QED) is 0.222. The summed E-state index contributed by atoms with van der Waals surface area (Å²) >= 11 is 1.23. The molecule has 2 aliphatic rings. The van der Waals surface area contributed by atoms with E-state index < -0.39 is 34.4 Å². The lowest BCUT2D eigenvalue weighted by Crippen LogP contribution is -2.38. The van der Waals surface area contributed by atoms with E-state index in [4.69, 9.17) is 5.10 Å². The zero-order valence-corrected chi connectivity index (χ0v) is 27.2. The molecule has 0 bridgehead atoms. The van der Waals surface area contributed by atoms with Gasteiger partial charge in [0.2, 0.25) is 0 Å². The molecule has 2 atom stereocenters. The molecule has 1 fully saturated rings. The minimum atomic E-state index is -3.09. The lowest BCUT2D eigenvalue weighted by molar-refractivity contribution is -0.118. The first-order valence-corrected chi connectivity index (χ1v) is 18.0. The first kappa shape index (κ1) is 31.4. The summed E-state index contributed by atoms with van der Waals surface area (Å²) in [5.74, 6) is -0.524. The molecule has 0 aliphatic carbocycles. The molecule has 1 amide bonds. The predicted octanol–water partition coefficient (Wildman–Crippen LogP) is 5.74. The van der Waals surface area contributed by atoms with Crippen LogP contribution in [0.4, 0.5) is 24.0 Å². The van der Waals surface area contributed by atoms with Crippen molar-refractivity contribution in [3.63, 3.8) is 0 Å². The summed E-state index contributed by atoms with van der Waals surface area (Å²) in [4.78, 5) is 24.5. The number of rotatable bonds is 8. The van der Waals surface area contributed by atoms with Gasteiger partial charge < -0.3 is 9.47 Å². The van der Waals surface area contributed by atoms with Crippen molar-refractivity contribution in [3.8, 4) is 11.1 Å². The van der Waals surface area contributed by atoms with E-state index in [1.54, 1.807) is 23.1 Å². The van der Waals surface area contributed by atoms with Crippen molar-refractivity contribution >= 4 is 48.8 Å². The van der Waals surface area contributed by atoms with Gasteiger partial charge >= 0.3 is 0 Å². The molecule has 5 aromatic rings. The molecular weight excluding hydrogens is 652 g/mol. The third-order valence-electron chi connectivity index (χ3n) is 9.15. The van der Waals surface area contributed by atoms with E-state index in [9.17, 15) is 26.4 Å². The van der Waals surface area contributed by atoms with Crippen molar-refractivity contribution < 1.29 is 26.4 Å². The molecule has 0 radical (unpaired) electrons. The number of nitrogens with zero attached hydrogens (tertiary/aromatic N) is 6. The Morgan fingerprint density at radius 3 is 2.53 bits per heavy atom. The third kappa shape index (κ3) is 5.90. The number of piperidine rings is 1. The van der Waals surface area contributed by atoms with E-state index in [0.717, 1.165) is 11.3 Å². The normalized spacial score (nSPS) is 17.8. The van der Waals surface area contributed by atoms with Crippen LogP contribution in [0.5, 0.6) is 0 Å². The predicted molar refractivity (Wildman–Crippen MR) is 175 cm³/mol. The van der Waals surface area contributed by atoms with Gasteiger partial charge in [0.25, 0.3) is 12.3 Å². The van der Waals surface area contributed by atoms with E-state index in [-0.39, 0.29) is 29.2 Å². The highest BCUT2D eigenvalue weighted by atomic mass is 32.2. The lowest BCUT2D eigenvalue weighted by atomic mass is 9.95. The Morgan fingerprint density at radius 2 is 1.87 bits per heavy atom. The molecule has 15 heteroatoms. The molecule has 2 aliphatic heterocycles. The molecule has 0 saturated carbocycles. The summed E-state index contributed by atoms with van der Waals surface area (Å²) < 4.78 is 70.6. The van der Waals surface area contributed by atoms with Gasteiger partial charge in [0, 0.05) is 65.9 Å². The minimum Gasteiger partial charge on any atom is -0.371 e. The lowest BCUT2D eigenvalue weighted by Gasteiger charge is -2.32. The molecule has 7 rings (SSSR count). The first-order valence-electron chi connectivity index (χ1n) is 15.2. The zero-order chi connectivity index (χ0) is 33.0. The number of fused-ring (bicyclic) bond motifs is 2. The number of amides is 1. The number of thiazole rings is 1. The number of benzene rings is 2. The Bertz CT molecular complexity index is 2050. The highest BCUT2D eigenvalue weighted by molar-refractivity contribution is 7.91. The Labute approximate surface area is 273 Å². The van der Waals surface area contributed by atoms with Crippen LogP contribution in [0.25, 0.3) is 22.0 Å². The Kier molecular flexibility index (Phi) is 8.07. The Hall–Kier alpha value is -4.24. The molecule has 1 saturated heterocycles. The maximum Gasteiger partial charge on any atom is 0.264 e. The van der Waals surface area contributed by atoms with Crippen LogP contribution in [0.1, 0.15) is 47.8 Å². The highest BCUT2D eigenvalue weighted by Gasteiger charge is 2.35. The van der Waals surface area contributed by atoms with Gasteiger partial charge in [-0.2, -0.15) is 5.10 Å². The van der Waals surface area contributed by atoms with Crippen LogP contribution in [-0.2, 0) is 27.6 Å². The molecule has 1 N–H and O–H groups in total. The van der Waals surface area contributed by atoms with Gasteiger partial charge in [-0.1, -0.05) is 12.1 Å². The summed E-state index contributed by atoms with van der Waals surface area (Å²) in [5, 5.41) is 9.41. The number of carbonyl (C=O) groups excluding carboxylic acids is 1. The maximum absolute atomic E-state index is 14.6. The first-order chi connectivity index (χ1) is 22.5. The number of halogens is 3. The van der Waals surface area contributed by atoms with Crippen LogP contribution in [0, 0.1) is 6.92 Å². The number of aryl methyl sites for hydroxylation is 1. The van der Waals surface area contributed by atoms with Gasteiger partial charge in [0.1, 0.15) is 16.0 Å². The fourth-order valence-electron chi connectivity index (χ4n) is 6.70. The molecule has 0 spiro atoms. The fraction of sp³-hybridized carbons (Fsp3) is 0.375. The SMILES string of the molecule is Cc1c(-c2ccc(N3CCC(S(C)(=O)=O)CC3)cc2)cc(C(F)F)c2cn(C(C(=O)Nc3nccs3)c3ncn4c3C[C@@H](F)C4)nc12. The van der Waals surface area contributed by atoms with Crippen LogP contribution in [-0.4, -0.2) is 69.4 Å². The van der Waals surface area contributed by atoms with Crippen molar-refractivity contribution in [2.75, 3.05) is 29.6 Å². The number of aromatic nitrogens is 5. The molecule has 1 unspecified atom stereocenters. The van der Waals surface area contributed by atoms with E-state index in [0.29, 0.717) is 59.1 Å². The second-order valence-electron chi connectivity index (χ2n) is 12.1. The number of carbonyl (C=O) groups is 1. The highest BCUT2D eigenvalue weighted by Crippen LogP contribution is 2.38. The molecule has 47 heavy (non-hydrogen) atoms. The van der Waals surface area contributed by atoms with E-state index >= 15 is 0 Å². The van der Waals surface area contributed by atoms with Crippen molar-refractivity contribution in [2.45, 2.75) is 56.6 Å². The van der Waals surface area contributed by atoms with E-state index in [1.807, 2.05) is 24.3 Å². The number of anilines is 2. The Balaban J connectivity index is 1.26. The van der Waals surface area contributed by atoms with Crippen LogP contribution >= 0.6 is 11.3 Å². The number of alkyl halides is 3. The monoisotopic (exact) mass is 683 g/mol. The molecular formula is C32H32F3N7O3S2. The van der Waals surface area contributed by atoms with Crippen LogP contribution in [0.3, 0.4) is 0 Å². The summed E-state index contributed by atoms with van der Waals surface area (Å²) in [7, 11) is -3.09. The summed E-state index contributed by atoms with van der Waals surface area (Å²) in [5.41, 5.74) is 3.83. The van der Waals surface area contributed by atoms with E-state index in [2.05, 4.69) is 20.2 Å². The van der Waals surface area contributed by atoms with Crippen molar-refractivity contribution in [2.24, 2.45) is 0 Å². The molecule has 3 aromatic heterocycles. The minimum absolute atomic E-state index is 0.0777. The van der Waals surface area contributed by atoms with Crippen LogP contribution in [0.2, 0.25) is 0 Å². The van der Waals surface area contributed by atoms with Gasteiger partial charge in [0.15, 0.2) is 11.2 Å². The van der Waals surface area contributed by atoms with Gasteiger partial charge in [-0.15, -0.1) is 11.3 Å². The zero-order valence-electron chi connectivity index (χ0n) is 25.6. The third-order valence-corrected chi connectivity index (χ3v) is 11.5. The fourth-order valence-corrected chi connectivity index (χ4v) is 8.30. The molecule has 10 nitrogen and oxygen atoms in total. The van der Waals surface area contributed by atoms with Gasteiger partial charge in [-0.05, 0) is 54.7 Å². The topological polar surface area (TPSA) is 115 Å². The average Bonchev–Trinajstić information content (AvgIpc) is 3.84. The van der Waals surface area contributed by atoms with Gasteiger partial charge in [-0.25, -0.2) is 31.6 Å². The summed E-state index contributed by atoms with van der Waals surface area (Å²) in [6.07, 6.45) is 2.99. The molecule has 5 heterocycles. The summed E-state index contributed by atoms with van der Waals surface area (Å²) in [6.45, 7) is 3.15. The molecule has 2 aromatic carbocycles. The van der Waals surface area contributed by atoms with Gasteiger partial charge in [-0.3, -0.25) is 14.8 Å². The smallest absolute Gasteiger partial charge is 0.264 e. The van der Waals surface area contributed by atoms with Crippen LogP contribution < -0.4 is 10.2 Å². The second kappa shape index (κ2) is 12.1. The van der Waals surface area contributed by atoms with Crippen molar-refractivity contribution in [1.82, 2.24) is 24.3 Å². The van der Waals surface area contributed by atoms with Crippen molar-refractivity contribution in [1.29, 1.82) is 0 Å². The number of imidazole rings is 1. The van der Waals surface area contributed by atoms with Crippen LogP contribution in [0.15, 0.2) is 54.4 Å². The number of hydrogen-bond acceptors (Lipinski definition) is 8. The standard InChI is InChI=1S/C32H32F3N7O3S2/c1-18-23(19-3-5-21(6-4-19)40-10-7-22(8-11-40)47(2,44)45)14-24(30(34)35)25-16-42(39-27(18)25)29(31(43)38-32-36-9-12-46-32)28-26-13-20(33)15-41(26)17-37-28/h3-6,9,12,14,16-17,20,22,29-30H,7-8,10-11,13,15H2,1-2H3,(H,36,38,43)/t20-,29?/m1/s1. The summed E-state index contributed by atoms with van der Waals surface area (Å²) in [6, 6.07) is 7.86. The maximum atomic E-state index is 14.6.